The monoisotopic (exact) mass is 455 g/mol. The molecule has 0 amide bonds. The van der Waals surface area contributed by atoms with Gasteiger partial charge < -0.3 is 16.0 Å². The van der Waals surface area contributed by atoms with Gasteiger partial charge in [0.1, 0.15) is 0 Å². The Morgan fingerprint density at radius 2 is 1.62 bits per heavy atom. The maximum atomic E-state index is 4.73. The molecule has 1 saturated heterocycles. The van der Waals surface area contributed by atoms with Crippen molar-refractivity contribution in [2.45, 2.75) is 75.3 Å². The van der Waals surface area contributed by atoms with Crippen LogP contribution in [-0.2, 0) is 0 Å². The summed E-state index contributed by atoms with van der Waals surface area (Å²) in [6, 6.07) is 9.34. The lowest BCUT2D eigenvalue weighted by Gasteiger charge is -2.23. The van der Waals surface area contributed by atoms with Crippen molar-refractivity contribution in [1.29, 1.82) is 0 Å². The topological polar surface area (TPSA) is 78.0 Å². The summed E-state index contributed by atoms with van der Waals surface area (Å²) in [5.41, 5.74) is 0.980. The highest BCUT2D eigenvalue weighted by Gasteiger charge is 2.23. The maximum absolute atomic E-state index is 4.73. The van der Waals surface area contributed by atoms with Gasteiger partial charge in [-0.3, -0.25) is 4.90 Å². The highest BCUT2D eigenvalue weighted by Crippen LogP contribution is 2.23. The summed E-state index contributed by atoms with van der Waals surface area (Å²) in [6.45, 7) is 5.38. The number of rotatable bonds is 9. The molecule has 8 heteroatoms. The van der Waals surface area contributed by atoms with Gasteiger partial charge in [0.2, 0.25) is 17.8 Å². The average Bonchev–Trinajstić information content (AvgIpc) is 3.13. The van der Waals surface area contributed by atoms with Crippen molar-refractivity contribution in [2.24, 2.45) is 0 Å². The van der Waals surface area contributed by atoms with E-state index in [9.17, 15) is 0 Å². The molecule has 32 heavy (non-hydrogen) atoms. The molecule has 1 aliphatic carbocycles. The van der Waals surface area contributed by atoms with E-state index >= 15 is 0 Å². The number of benzene rings is 1. The van der Waals surface area contributed by atoms with E-state index in [-0.39, 0.29) is 0 Å². The predicted molar refractivity (Wildman–Crippen MR) is 135 cm³/mol. The molecule has 2 fully saturated rings. The Kier molecular flexibility index (Phi) is 8.45. The summed E-state index contributed by atoms with van der Waals surface area (Å²) >= 11 is 1.74. The van der Waals surface area contributed by atoms with Crippen molar-refractivity contribution < 1.29 is 0 Å². The zero-order valence-electron chi connectivity index (χ0n) is 19.4. The Hall–Kier alpha value is -2.06. The minimum absolute atomic E-state index is 0.437. The third kappa shape index (κ3) is 6.48. The molecule has 4 rings (SSSR count). The van der Waals surface area contributed by atoms with Crippen LogP contribution in [0.4, 0.5) is 23.5 Å². The Morgan fingerprint density at radius 3 is 2.34 bits per heavy atom. The molecule has 1 aliphatic heterocycles. The Balaban J connectivity index is 1.49. The molecule has 2 aliphatic rings. The Morgan fingerprint density at radius 1 is 0.906 bits per heavy atom. The summed E-state index contributed by atoms with van der Waals surface area (Å²) in [6.07, 6.45) is 12.2. The minimum Gasteiger partial charge on any atom is -0.352 e. The van der Waals surface area contributed by atoms with E-state index in [0.717, 1.165) is 18.8 Å². The van der Waals surface area contributed by atoms with E-state index in [4.69, 9.17) is 9.97 Å². The van der Waals surface area contributed by atoms with Crippen LogP contribution in [0.25, 0.3) is 0 Å². The quantitative estimate of drug-likeness (QED) is 0.344. The molecular weight excluding hydrogens is 418 g/mol. The first-order valence-electron chi connectivity index (χ1n) is 12.1. The van der Waals surface area contributed by atoms with Gasteiger partial charge in [-0.1, -0.05) is 32.6 Å². The van der Waals surface area contributed by atoms with Gasteiger partial charge in [-0.25, -0.2) is 0 Å². The van der Waals surface area contributed by atoms with Crippen LogP contribution in [0.1, 0.15) is 58.3 Å². The molecule has 1 aromatic heterocycles. The first-order valence-corrected chi connectivity index (χ1v) is 13.4. The smallest absolute Gasteiger partial charge is 0.233 e. The number of nitrogens with zero attached hydrogens (tertiary/aromatic N) is 4. The van der Waals surface area contributed by atoms with Crippen molar-refractivity contribution in [3.63, 3.8) is 0 Å². The van der Waals surface area contributed by atoms with Crippen molar-refractivity contribution in [2.75, 3.05) is 41.8 Å². The lowest BCUT2D eigenvalue weighted by molar-refractivity contribution is 0.277. The lowest BCUT2D eigenvalue weighted by Crippen LogP contribution is -2.35. The van der Waals surface area contributed by atoms with E-state index in [2.05, 4.69) is 63.3 Å². The van der Waals surface area contributed by atoms with Gasteiger partial charge in [0, 0.05) is 29.2 Å². The summed E-state index contributed by atoms with van der Waals surface area (Å²) in [7, 11) is 0. The van der Waals surface area contributed by atoms with Crippen LogP contribution in [0.2, 0.25) is 0 Å². The van der Waals surface area contributed by atoms with Crippen LogP contribution in [0, 0.1) is 0 Å². The van der Waals surface area contributed by atoms with Gasteiger partial charge in [0.25, 0.3) is 0 Å². The predicted octanol–water partition coefficient (Wildman–Crippen LogP) is 5.37. The van der Waals surface area contributed by atoms with Gasteiger partial charge >= 0.3 is 0 Å². The molecule has 3 N–H and O–H groups in total. The molecule has 0 bridgehead atoms. The highest BCUT2D eigenvalue weighted by molar-refractivity contribution is 7.98. The van der Waals surface area contributed by atoms with E-state index in [0.29, 0.717) is 29.9 Å². The van der Waals surface area contributed by atoms with Crippen LogP contribution in [0.15, 0.2) is 29.2 Å². The Bertz CT molecular complexity index is 837. The average molecular weight is 456 g/mol. The molecule has 174 valence electrons. The molecular formula is C24H37N7S. The second-order valence-corrected chi connectivity index (χ2v) is 9.68. The van der Waals surface area contributed by atoms with E-state index < -0.39 is 0 Å². The molecule has 7 nitrogen and oxygen atoms in total. The maximum Gasteiger partial charge on any atom is 0.233 e. The summed E-state index contributed by atoms with van der Waals surface area (Å²) in [5.74, 6) is 1.88. The fourth-order valence-corrected chi connectivity index (χ4v) is 5.15. The second-order valence-electron chi connectivity index (χ2n) is 8.80. The molecule has 1 unspecified atom stereocenters. The van der Waals surface area contributed by atoms with E-state index in [1.807, 2.05) is 0 Å². The molecule has 2 aromatic rings. The summed E-state index contributed by atoms with van der Waals surface area (Å²) in [4.78, 5) is 17.9. The number of anilines is 4. The van der Waals surface area contributed by atoms with Crippen molar-refractivity contribution in [3.8, 4) is 0 Å². The third-order valence-corrected chi connectivity index (χ3v) is 7.31. The fraction of sp³-hybridized carbons (Fsp3) is 0.625. The highest BCUT2D eigenvalue weighted by atomic mass is 32.2. The number of likely N-dealkylation sites (N-methyl/N-ethyl adjacent to an activating group) is 1. The standard InChI is InChI=1S/C24H37N7S/c1-3-31-16-8-11-20(31)17-25-22-28-23(26-18-9-6-4-5-7-10-18)30-24(29-22)27-19-12-14-21(32-2)15-13-19/h12-15,18,20H,3-11,16-17H2,1-2H3,(H3,25,26,27,28,29,30). The van der Waals surface area contributed by atoms with Crippen LogP contribution in [-0.4, -0.2) is 57.8 Å². The van der Waals surface area contributed by atoms with Crippen LogP contribution in [0.5, 0.6) is 0 Å². The fourth-order valence-electron chi connectivity index (χ4n) is 4.74. The SMILES string of the molecule is CCN1CCCC1CNc1nc(Nc2ccc(SC)cc2)nc(NC2CCCCCC2)n1. The lowest BCUT2D eigenvalue weighted by atomic mass is 10.1. The number of thioether (sulfide) groups is 1. The van der Waals surface area contributed by atoms with E-state index in [1.54, 1.807) is 11.8 Å². The number of likely N-dealkylation sites (tertiary alicyclic amines) is 1. The molecule has 2 heterocycles. The van der Waals surface area contributed by atoms with Crippen LogP contribution >= 0.6 is 11.8 Å². The molecule has 0 radical (unpaired) electrons. The normalized spacial score (nSPS) is 20.1. The van der Waals surface area contributed by atoms with Crippen LogP contribution in [0.3, 0.4) is 0 Å². The van der Waals surface area contributed by atoms with Gasteiger partial charge in [-0.15, -0.1) is 11.8 Å². The van der Waals surface area contributed by atoms with Gasteiger partial charge in [-0.05, 0) is 69.3 Å². The van der Waals surface area contributed by atoms with Crippen molar-refractivity contribution >= 4 is 35.3 Å². The van der Waals surface area contributed by atoms with Gasteiger partial charge in [0.05, 0.1) is 0 Å². The summed E-state index contributed by atoms with van der Waals surface area (Å²) in [5, 5.41) is 10.5. The number of aromatic nitrogens is 3. The summed E-state index contributed by atoms with van der Waals surface area (Å²) < 4.78 is 0. The number of nitrogens with one attached hydrogen (secondary N) is 3. The Labute approximate surface area is 196 Å². The van der Waals surface area contributed by atoms with Crippen molar-refractivity contribution in [1.82, 2.24) is 19.9 Å². The van der Waals surface area contributed by atoms with Crippen LogP contribution < -0.4 is 16.0 Å². The number of hydrogen-bond donors (Lipinski definition) is 3. The second kappa shape index (κ2) is 11.7. The zero-order valence-corrected chi connectivity index (χ0v) is 20.3. The minimum atomic E-state index is 0.437. The first kappa shape index (κ1) is 23.1. The third-order valence-electron chi connectivity index (χ3n) is 6.57. The zero-order chi connectivity index (χ0) is 22.2. The van der Waals surface area contributed by atoms with Crippen molar-refractivity contribution in [3.05, 3.63) is 24.3 Å². The molecule has 1 aromatic carbocycles. The molecule has 0 spiro atoms. The van der Waals surface area contributed by atoms with E-state index in [1.165, 1.54) is 62.8 Å². The van der Waals surface area contributed by atoms with Gasteiger partial charge in [-0.2, -0.15) is 15.0 Å². The molecule has 1 atom stereocenters. The van der Waals surface area contributed by atoms with Gasteiger partial charge in [0.15, 0.2) is 0 Å². The first-order chi connectivity index (χ1) is 15.7. The molecule has 1 saturated carbocycles. The number of hydrogen-bond acceptors (Lipinski definition) is 8. The largest absolute Gasteiger partial charge is 0.352 e.